The summed E-state index contributed by atoms with van der Waals surface area (Å²) in [5.41, 5.74) is 0. The van der Waals surface area contributed by atoms with Crippen molar-refractivity contribution in [3.05, 3.63) is 35.3 Å². The lowest BCUT2D eigenvalue weighted by molar-refractivity contribution is 0.441. The Balaban J connectivity index is 1.52. The van der Waals surface area contributed by atoms with Crippen LogP contribution in [0.15, 0.2) is 21.5 Å². The summed E-state index contributed by atoms with van der Waals surface area (Å²) in [5, 5.41) is 15.5. The average Bonchev–Trinajstić information content (AvgIpc) is 3.18. The fourth-order valence-corrected chi connectivity index (χ4v) is 3.44. The molecule has 2 aromatic heterocycles. The van der Waals surface area contributed by atoms with E-state index in [1.807, 2.05) is 19.1 Å². The summed E-state index contributed by atoms with van der Waals surface area (Å²) in [4.78, 5) is 4.71. The third kappa shape index (κ3) is 5.34. The topological polar surface area (TPSA) is 80.3 Å². The normalized spacial score (nSPS) is 15.9. The number of fused-ring (bicyclic) bond motifs is 1. The first-order valence-corrected chi connectivity index (χ1v) is 10.2. The molecule has 0 bridgehead atoms. The Hall–Kier alpha value is -2.31. The smallest absolute Gasteiger partial charge is 0.191 e. The number of aromatic nitrogens is 3. The maximum absolute atomic E-state index is 5.70. The minimum atomic E-state index is 0.0729. The highest BCUT2D eigenvalue weighted by molar-refractivity contribution is 5.80. The van der Waals surface area contributed by atoms with Gasteiger partial charge in [-0.1, -0.05) is 6.42 Å². The molecule has 0 amide bonds. The van der Waals surface area contributed by atoms with Crippen LogP contribution in [0.4, 0.5) is 0 Å². The largest absolute Gasteiger partial charge is 0.464 e. The Labute approximate surface area is 161 Å². The molecule has 0 radical (unpaired) electrons. The van der Waals surface area contributed by atoms with Crippen molar-refractivity contribution in [2.75, 3.05) is 13.1 Å². The fourth-order valence-electron chi connectivity index (χ4n) is 3.44. The molecule has 0 saturated carbocycles. The van der Waals surface area contributed by atoms with E-state index in [4.69, 9.17) is 9.41 Å². The molecule has 1 atom stereocenters. The van der Waals surface area contributed by atoms with E-state index >= 15 is 0 Å². The monoisotopic (exact) mass is 372 g/mol. The molecular formula is C20H32N6O. The predicted octanol–water partition coefficient (Wildman–Crippen LogP) is 3.15. The zero-order chi connectivity index (χ0) is 19.1. The summed E-state index contributed by atoms with van der Waals surface area (Å²) in [7, 11) is 0. The van der Waals surface area contributed by atoms with E-state index in [0.717, 1.165) is 68.0 Å². The van der Waals surface area contributed by atoms with Crippen LogP contribution in [0.5, 0.6) is 0 Å². The molecule has 0 aromatic carbocycles. The van der Waals surface area contributed by atoms with Crippen LogP contribution in [0.3, 0.4) is 0 Å². The van der Waals surface area contributed by atoms with E-state index in [-0.39, 0.29) is 6.04 Å². The number of rotatable bonds is 7. The van der Waals surface area contributed by atoms with Gasteiger partial charge in [-0.25, -0.2) is 0 Å². The maximum atomic E-state index is 5.70. The minimum Gasteiger partial charge on any atom is -0.464 e. The van der Waals surface area contributed by atoms with Gasteiger partial charge in [0.2, 0.25) is 0 Å². The zero-order valence-corrected chi connectivity index (χ0v) is 16.8. The summed E-state index contributed by atoms with van der Waals surface area (Å²) < 4.78 is 8.02. The number of hydrogen-bond acceptors (Lipinski definition) is 4. The molecule has 0 fully saturated rings. The van der Waals surface area contributed by atoms with Crippen LogP contribution in [-0.4, -0.2) is 33.8 Å². The number of hydrogen-bond donors (Lipinski definition) is 2. The molecule has 148 valence electrons. The van der Waals surface area contributed by atoms with E-state index in [1.165, 1.54) is 19.3 Å². The van der Waals surface area contributed by atoms with Crippen molar-refractivity contribution in [1.29, 1.82) is 0 Å². The van der Waals surface area contributed by atoms with Crippen LogP contribution in [-0.2, 0) is 19.4 Å². The van der Waals surface area contributed by atoms with E-state index < -0.39 is 0 Å². The summed E-state index contributed by atoms with van der Waals surface area (Å²) in [6, 6.07) is 4.07. The van der Waals surface area contributed by atoms with Crippen molar-refractivity contribution in [3.8, 4) is 0 Å². The van der Waals surface area contributed by atoms with Gasteiger partial charge in [0, 0.05) is 32.5 Å². The Morgan fingerprint density at radius 1 is 1.30 bits per heavy atom. The Morgan fingerprint density at radius 2 is 2.19 bits per heavy atom. The molecule has 1 aliphatic rings. The highest BCUT2D eigenvalue weighted by Gasteiger charge is 2.14. The molecule has 0 aliphatic carbocycles. The Kier molecular flexibility index (Phi) is 6.90. The number of furan rings is 1. The molecule has 1 aliphatic heterocycles. The van der Waals surface area contributed by atoms with Gasteiger partial charge in [0.15, 0.2) is 5.96 Å². The van der Waals surface area contributed by atoms with Gasteiger partial charge in [-0.05, 0) is 52.2 Å². The van der Waals surface area contributed by atoms with Crippen LogP contribution in [0.25, 0.3) is 0 Å². The Morgan fingerprint density at radius 3 is 2.96 bits per heavy atom. The summed E-state index contributed by atoms with van der Waals surface area (Å²) in [6.07, 6.45) is 6.69. The second-order valence-electron chi connectivity index (χ2n) is 7.17. The van der Waals surface area contributed by atoms with E-state index in [0.29, 0.717) is 0 Å². The maximum Gasteiger partial charge on any atom is 0.191 e. The number of aryl methyl sites for hydroxylation is 3. The quantitative estimate of drug-likeness (QED) is 0.443. The van der Waals surface area contributed by atoms with Gasteiger partial charge in [0.25, 0.3) is 0 Å². The zero-order valence-electron chi connectivity index (χ0n) is 16.8. The number of aliphatic imine (C=N–C) groups is 1. The number of nitrogens with one attached hydrogen (secondary N) is 2. The molecule has 0 saturated heterocycles. The molecule has 3 rings (SSSR count). The average molecular weight is 373 g/mol. The summed E-state index contributed by atoms with van der Waals surface area (Å²) in [6.45, 7) is 8.75. The van der Waals surface area contributed by atoms with Crippen LogP contribution in [0, 0.1) is 6.92 Å². The first kappa shape index (κ1) is 19.5. The molecule has 7 nitrogen and oxygen atoms in total. The lowest BCUT2D eigenvalue weighted by Gasteiger charge is -2.16. The first-order valence-electron chi connectivity index (χ1n) is 10.2. The summed E-state index contributed by atoms with van der Waals surface area (Å²) in [5.74, 6) is 4.93. The van der Waals surface area contributed by atoms with Crippen molar-refractivity contribution in [1.82, 2.24) is 25.4 Å². The molecular weight excluding hydrogens is 340 g/mol. The molecule has 7 heteroatoms. The van der Waals surface area contributed by atoms with E-state index in [9.17, 15) is 0 Å². The molecule has 2 N–H and O–H groups in total. The number of nitrogens with zero attached hydrogens (tertiary/aromatic N) is 4. The van der Waals surface area contributed by atoms with Crippen LogP contribution < -0.4 is 10.6 Å². The van der Waals surface area contributed by atoms with Gasteiger partial charge in [-0.15, -0.1) is 10.2 Å². The van der Waals surface area contributed by atoms with Crippen molar-refractivity contribution in [2.45, 2.75) is 71.9 Å². The van der Waals surface area contributed by atoms with Crippen molar-refractivity contribution >= 4 is 5.96 Å². The lowest BCUT2D eigenvalue weighted by atomic mass is 10.2. The van der Waals surface area contributed by atoms with E-state index in [2.05, 4.69) is 39.2 Å². The van der Waals surface area contributed by atoms with Crippen molar-refractivity contribution in [2.24, 2.45) is 4.99 Å². The molecule has 1 unspecified atom stereocenters. The predicted molar refractivity (Wildman–Crippen MR) is 107 cm³/mol. The summed E-state index contributed by atoms with van der Waals surface area (Å²) >= 11 is 0. The highest BCUT2D eigenvalue weighted by atomic mass is 16.3. The minimum absolute atomic E-state index is 0.0729. The van der Waals surface area contributed by atoms with Gasteiger partial charge in [-0.2, -0.15) is 0 Å². The SMILES string of the molecule is CCNC(=NCCCc1nnc2n1CCCCC2)NC(C)c1ccc(C)o1. The Bertz CT molecular complexity index is 747. The fraction of sp³-hybridized carbons (Fsp3) is 0.650. The standard InChI is InChI=1S/C20H32N6O/c1-4-21-20(23-16(3)17-12-11-15(2)27-17)22-13-8-10-19-25-24-18-9-6-5-7-14-26(18)19/h11-12,16H,4-10,13-14H2,1-3H3,(H2,21,22,23). The second kappa shape index (κ2) is 9.58. The third-order valence-corrected chi connectivity index (χ3v) is 4.90. The van der Waals surface area contributed by atoms with Gasteiger partial charge >= 0.3 is 0 Å². The lowest BCUT2D eigenvalue weighted by Crippen LogP contribution is -2.38. The van der Waals surface area contributed by atoms with Gasteiger partial charge in [0.1, 0.15) is 23.2 Å². The van der Waals surface area contributed by atoms with Crippen LogP contribution in [0.2, 0.25) is 0 Å². The van der Waals surface area contributed by atoms with Gasteiger partial charge in [0.05, 0.1) is 6.04 Å². The molecule has 2 aromatic rings. The van der Waals surface area contributed by atoms with Crippen molar-refractivity contribution in [3.63, 3.8) is 0 Å². The first-order chi connectivity index (χ1) is 13.2. The van der Waals surface area contributed by atoms with Gasteiger partial charge < -0.3 is 19.6 Å². The third-order valence-electron chi connectivity index (χ3n) is 4.90. The van der Waals surface area contributed by atoms with Crippen molar-refractivity contribution < 1.29 is 4.42 Å². The molecule has 3 heterocycles. The molecule has 27 heavy (non-hydrogen) atoms. The second-order valence-corrected chi connectivity index (χ2v) is 7.17. The number of guanidine groups is 1. The van der Waals surface area contributed by atoms with Gasteiger partial charge in [-0.3, -0.25) is 4.99 Å². The van der Waals surface area contributed by atoms with E-state index in [1.54, 1.807) is 0 Å². The molecule has 0 spiro atoms. The van der Waals surface area contributed by atoms with Crippen LogP contribution in [0.1, 0.15) is 68.7 Å². The highest BCUT2D eigenvalue weighted by Crippen LogP contribution is 2.16. The van der Waals surface area contributed by atoms with Crippen LogP contribution >= 0.6 is 0 Å².